The van der Waals surface area contributed by atoms with Crippen LogP contribution in [-0.4, -0.2) is 44.8 Å². The molecule has 7 nitrogen and oxygen atoms in total. The first-order valence-electron chi connectivity index (χ1n) is 9.61. The maximum absolute atomic E-state index is 12.9. The lowest BCUT2D eigenvalue weighted by Gasteiger charge is -2.31. The van der Waals surface area contributed by atoms with Gasteiger partial charge in [0.15, 0.2) is 0 Å². The summed E-state index contributed by atoms with van der Waals surface area (Å²) in [6, 6.07) is 11.1. The van der Waals surface area contributed by atoms with Gasteiger partial charge in [0.1, 0.15) is 0 Å². The molecule has 10 heteroatoms. The number of amides is 1. The monoisotopic (exact) mass is 484 g/mol. The molecule has 0 bridgehead atoms. The van der Waals surface area contributed by atoms with Crippen LogP contribution in [0.3, 0.4) is 0 Å². The van der Waals surface area contributed by atoms with Gasteiger partial charge in [0, 0.05) is 34.4 Å². The van der Waals surface area contributed by atoms with E-state index in [-0.39, 0.29) is 28.3 Å². The van der Waals surface area contributed by atoms with Gasteiger partial charge in [-0.2, -0.15) is 0 Å². The van der Waals surface area contributed by atoms with Gasteiger partial charge in [-0.05, 0) is 49.2 Å². The van der Waals surface area contributed by atoms with Gasteiger partial charge < -0.3 is 10.1 Å². The molecular formula is C21H22Cl2N2O5S. The molecular weight excluding hydrogens is 463 g/mol. The molecule has 0 saturated carbocycles. The van der Waals surface area contributed by atoms with Crippen LogP contribution in [0, 0.1) is 5.92 Å². The molecule has 1 aliphatic heterocycles. The van der Waals surface area contributed by atoms with Crippen LogP contribution in [0.4, 0.5) is 5.69 Å². The maximum Gasteiger partial charge on any atom is 0.337 e. The lowest BCUT2D eigenvalue weighted by molar-refractivity contribution is -0.120. The Bertz CT molecular complexity index is 1050. The van der Waals surface area contributed by atoms with Crippen molar-refractivity contribution < 1.29 is 22.7 Å². The summed E-state index contributed by atoms with van der Waals surface area (Å²) in [6.45, 7) is 0.415. The third-order valence-electron chi connectivity index (χ3n) is 5.11. The van der Waals surface area contributed by atoms with Crippen LogP contribution in [0.1, 0.15) is 28.8 Å². The lowest BCUT2D eigenvalue weighted by atomic mass is 9.98. The van der Waals surface area contributed by atoms with Gasteiger partial charge in [-0.3, -0.25) is 4.79 Å². The van der Waals surface area contributed by atoms with Crippen LogP contribution >= 0.6 is 23.2 Å². The van der Waals surface area contributed by atoms with E-state index in [0.29, 0.717) is 36.2 Å². The number of benzene rings is 2. The fourth-order valence-electron chi connectivity index (χ4n) is 3.40. The Kier molecular flexibility index (Phi) is 7.59. The Morgan fingerprint density at radius 2 is 1.77 bits per heavy atom. The highest BCUT2D eigenvalue weighted by Gasteiger charge is 2.33. The number of sulfonamides is 1. The number of methoxy groups -OCH3 is 1. The van der Waals surface area contributed by atoms with Gasteiger partial charge in [0.25, 0.3) is 0 Å². The third-order valence-corrected chi connectivity index (χ3v) is 7.59. The van der Waals surface area contributed by atoms with Gasteiger partial charge in [0.05, 0.1) is 24.3 Å². The fourth-order valence-corrected chi connectivity index (χ4v) is 5.77. The Labute approximate surface area is 191 Å². The number of carbonyl (C=O) groups excluding carboxylic acids is 2. The van der Waals surface area contributed by atoms with Crippen molar-refractivity contribution in [3.8, 4) is 0 Å². The van der Waals surface area contributed by atoms with E-state index in [9.17, 15) is 18.0 Å². The second-order valence-electron chi connectivity index (χ2n) is 7.21. The van der Waals surface area contributed by atoms with Crippen LogP contribution in [0.2, 0.25) is 10.0 Å². The zero-order valence-corrected chi connectivity index (χ0v) is 19.1. The summed E-state index contributed by atoms with van der Waals surface area (Å²) in [5, 5.41) is 3.36. The molecule has 1 saturated heterocycles. The highest BCUT2D eigenvalue weighted by atomic mass is 35.5. The van der Waals surface area contributed by atoms with E-state index < -0.39 is 21.9 Å². The van der Waals surface area contributed by atoms with Crippen LogP contribution in [0.25, 0.3) is 0 Å². The molecule has 1 heterocycles. The summed E-state index contributed by atoms with van der Waals surface area (Å²) in [5.41, 5.74) is 1.23. The molecule has 0 spiro atoms. The van der Waals surface area contributed by atoms with Gasteiger partial charge >= 0.3 is 5.97 Å². The number of hydrogen-bond donors (Lipinski definition) is 1. The number of hydrogen-bond acceptors (Lipinski definition) is 5. The predicted molar refractivity (Wildman–Crippen MR) is 120 cm³/mol. The molecule has 2 aromatic carbocycles. The summed E-state index contributed by atoms with van der Waals surface area (Å²) in [6.07, 6.45) is 1.14. The molecule has 31 heavy (non-hydrogen) atoms. The number of piperidine rings is 1. The van der Waals surface area contributed by atoms with E-state index in [2.05, 4.69) is 10.1 Å². The van der Waals surface area contributed by atoms with E-state index in [0.717, 1.165) is 0 Å². The number of anilines is 1. The molecule has 166 valence electrons. The highest BCUT2D eigenvalue weighted by Crippen LogP contribution is 2.29. The summed E-state index contributed by atoms with van der Waals surface area (Å²) in [5.74, 6) is -1.56. The SMILES string of the molecule is COC(=O)c1ccc(NC(=O)C2CCCN(S(=O)(=O)Cc3c(Cl)cccc3Cl)C2)cc1. The first-order valence-corrected chi connectivity index (χ1v) is 12.0. The summed E-state index contributed by atoms with van der Waals surface area (Å²) in [7, 11) is -2.41. The first-order chi connectivity index (χ1) is 14.7. The number of esters is 1. The van der Waals surface area contributed by atoms with E-state index in [1.54, 1.807) is 42.5 Å². The standard InChI is InChI=1S/C21H22Cl2N2O5S/c1-30-21(27)14-7-9-16(10-8-14)24-20(26)15-4-3-11-25(12-15)31(28,29)13-17-18(22)5-2-6-19(17)23/h2,5-10,15H,3-4,11-13H2,1H3,(H,24,26). The van der Waals surface area contributed by atoms with Crippen molar-refractivity contribution in [3.05, 3.63) is 63.6 Å². The van der Waals surface area contributed by atoms with Gasteiger partial charge in [-0.15, -0.1) is 0 Å². The quantitative estimate of drug-likeness (QED) is 0.626. The van der Waals surface area contributed by atoms with Crippen LogP contribution in [0.15, 0.2) is 42.5 Å². The van der Waals surface area contributed by atoms with Crippen molar-refractivity contribution in [1.82, 2.24) is 4.31 Å². The average Bonchev–Trinajstić information content (AvgIpc) is 2.76. The maximum atomic E-state index is 12.9. The smallest absolute Gasteiger partial charge is 0.337 e. The molecule has 1 atom stereocenters. The van der Waals surface area contributed by atoms with Crippen molar-refractivity contribution in [1.29, 1.82) is 0 Å². The van der Waals surface area contributed by atoms with E-state index in [1.165, 1.54) is 11.4 Å². The van der Waals surface area contributed by atoms with Crippen LogP contribution in [-0.2, 0) is 25.3 Å². The van der Waals surface area contributed by atoms with Gasteiger partial charge in [-0.25, -0.2) is 17.5 Å². The number of nitrogens with one attached hydrogen (secondary N) is 1. The Morgan fingerprint density at radius 1 is 1.13 bits per heavy atom. The molecule has 2 aromatic rings. The molecule has 1 aliphatic rings. The number of ether oxygens (including phenoxy) is 1. The topological polar surface area (TPSA) is 92.8 Å². The second-order valence-corrected chi connectivity index (χ2v) is 10.00. The Morgan fingerprint density at radius 3 is 2.39 bits per heavy atom. The first kappa shape index (κ1) is 23.5. The van der Waals surface area contributed by atoms with Crippen molar-refractivity contribution in [2.45, 2.75) is 18.6 Å². The van der Waals surface area contributed by atoms with Crippen molar-refractivity contribution in [2.24, 2.45) is 5.92 Å². The van der Waals surface area contributed by atoms with Crippen LogP contribution in [0.5, 0.6) is 0 Å². The Hall–Kier alpha value is -2.13. The molecule has 1 N–H and O–H groups in total. The summed E-state index contributed by atoms with van der Waals surface area (Å²) >= 11 is 12.2. The number of nitrogens with zero attached hydrogens (tertiary/aromatic N) is 1. The molecule has 3 rings (SSSR count). The van der Waals surface area contributed by atoms with Crippen molar-refractivity contribution >= 4 is 50.8 Å². The average molecular weight is 485 g/mol. The molecule has 1 fully saturated rings. The highest BCUT2D eigenvalue weighted by molar-refractivity contribution is 7.88. The normalized spacial score (nSPS) is 17.2. The molecule has 0 radical (unpaired) electrons. The molecule has 0 aromatic heterocycles. The number of halogens is 2. The predicted octanol–water partition coefficient (Wildman–Crippen LogP) is 3.96. The largest absolute Gasteiger partial charge is 0.465 e. The van der Waals surface area contributed by atoms with E-state index >= 15 is 0 Å². The lowest BCUT2D eigenvalue weighted by Crippen LogP contribution is -2.44. The summed E-state index contributed by atoms with van der Waals surface area (Å²) in [4.78, 5) is 24.2. The second kappa shape index (κ2) is 9.99. The van der Waals surface area contributed by atoms with E-state index in [1.807, 2.05) is 0 Å². The van der Waals surface area contributed by atoms with Crippen LogP contribution < -0.4 is 5.32 Å². The molecule has 0 aliphatic carbocycles. The molecule has 1 amide bonds. The fraction of sp³-hybridized carbons (Fsp3) is 0.333. The van der Waals surface area contributed by atoms with E-state index in [4.69, 9.17) is 23.2 Å². The zero-order chi connectivity index (χ0) is 22.6. The Balaban J connectivity index is 1.66. The van der Waals surface area contributed by atoms with Gasteiger partial charge in [-0.1, -0.05) is 29.3 Å². The summed E-state index contributed by atoms with van der Waals surface area (Å²) < 4.78 is 31.9. The van der Waals surface area contributed by atoms with Crippen molar-refractivity contribution in [2.75, 3.05) is 25.5 Å². The third kappa shape index (κ3) is 5.77. The molecule has 1 unspecified atom stereocenters. The minimum Gasteiger partial charge on any atom is -0.465 e. The van der Waals surface area contributed by atoms with Gasteiger partial charge in [0.2, 0.25) is 15.9 Å². The minimum absolute atomic E-state index is 0.0798. The zero-order valence-electron chi connectivity index (χ0n) is 16.8. The number of rotatable bonds is 6. The minimum atomic E-state index is -3.71. The van der Waals surface area contributed by atoms with Crippen molar-refractivity contribution in [3.63, 3.8) is 0 Å². The number of carbonyl (C=O) groups is 2.